The molecule has 4 rings (SSSR count). The van der Waals surface area contributed by atoms with Gasteiger partial charge in [0, 0.05) is 42.0 Å². The molecule has 0 radical (unpaired) electrons. The fourth-order valence-corrected chi connectivity index (χ4v) is 3.62. The van der Waals surface area contributed by atoms with Crippen molar-refractivity contribution in [3.63, 3.8) is 0 Å². The minimum Gasteiger partial charge on any atom is -0.488 e. The van der Waals surface area contributed by atoms with Crippen molar-refractivity contribution in [1.29, 1.82) is 0 Å². The summed E-state index contributed by atoms with van der Waals surface area (Å²) in [4.78, 5) is 25.1. The Morgan fingerprint density at radius 2 is 1.73 bits per heavy atom. The van der Waals surface area contributed by atoms with Gasteiger partial charge in [0.05, 0.1) is 11.1 Å². The average Bonchev–Trinajstić information content (AvgIpc) is 3.39. The normalized spacial score (nSPS) is 13.3. The largest absolute Gasteiger partial charge is 0.488 e. The lowest BCUT2D eigenvalue weighted by Crippen LogP contribution is -2.19. The molecule has 3 aromatic rings. The highest BCUT2D eigenvalue weighted by Gasteiger charge is 2.13. The van der Waals surface area contributed by atoms with Gasteiger partial charge in [-0.2, -0.15) is 5.10 Å². The van der Waals surface area contributed by atoms with Crippen molar-refractivity contribution in [3.05, 3.63) is 99.6 Å². The van der Waals surface area contributed by atoms with Gasteiger partial charge in [-0.05, 0) is 66.9 Å². The number of nitrogens with one attached hydrogen (secondary N) is 1. The Bertz CT molecular complexity index is 1140. The van der Waals surface area contributed by atoms with E-state index in [1.807, 2.05) is 30.3 Å². The quantitative estimate of drug-likeness (QED) is 0.313. The fourth-order valence-electron chi connectivity index (χ4n) is 3.62. The Labute approximate surface area is 191 Å². The zero-order chi connectivity index (χ0) is 23.0. The third-order valence-electron chi connectivity index (χ3n) is 5.43. The molecule has 0 atom stereocenters. The fraction of sp³-hybridized carbons (Fsp3) is 0.200. The van der Waals surface area contributed by atoms with Gasteiger partial charge in [0.25, 0.3) is 11.6 Å². The minimum atomic E-state index is -0.438. The molecule has 3 aromatic carbocycles. The predicted octanol–water partition coefficient (Wildman–Crippen LogP) is 4.54. The number of carbonyl (C=O) groups is 1. The number of hydrogen-bond acceptors (Lipinski definition) is 6. The van der Waals surface area contributed by atoms with E-state index in [9.17, 15) is 14.9 Å². The summed E-state index contributed by atoms with van der Waals surface area (Å²) < 4.78 is 5.85. The second-order valence-corrected chi connectivity index (χ2v) is 7.69. The molecule has 0 bridgehead atoms. The van der Waals surface area contributed by atoms with Crippen LogP contribution in [0.3, 0.4) is 0 Å². The number of hydrazone groups is 1. The Hall–Kier alpha value is -4.20. The van der Waals surface area contributed by atoms with E-state index in [0.717, 1.165) is 24.3 Å². The topological polar surface area (TPSA) is 97.1 Å². The van der Waals surface area contributed by atoms with E-state index in [2.05, 4.69) is 15.4 Å². The summed E-state index contributed by atoms with van der Waals surface area (Å²) in [5.74, 6) is 0.298. The van der Waals surface area contributed by atoms with Gasteiger partial charge in [0.15, 0.2) is 0 Å². The van der Waals surface area contributed by atoms with Gasteiger partial charge in [-0.1, -0.05) is 12.1 Å². The van der Waals surface area contributed by atoms with Crippen LogP contribution in [0.1, 0.15) is 34.3 Å². The lowest BCUT2D eigenvalue weighted by atomic mass is 10.2. The molecule has 1 aliphatic heterocycles. The first-order valence-electron chi connectivity index (χ1n) is 10.7. The van der Waals surface area contributed by atoms with Crippen LogP contribution in [-0.4, -0.2) is 30.1 Å². The van der Waals surface area contributed by atoms with Crippen LogP contribution in [-0.2, 0) is 6.61 Å². The van der Waals surface area contributed by atoms with Gasteiger partial charge in [-0.3, -0.25) is 14.9 Å². The molecule has 1 amide bonds. The molecular weight excluding hydrogens is 420 g/mol. The van der Waals surface area contributed by atoms with Crippen LogP contribution in [0.5, 0.6) is 5.75 Å². The number of carbonyl (C=O) groups excluding carboxylic acids is 1. The zero-order valence-electron chi connectivity index (χ0n) is 18.0. The molecule has 33 heavy (non-hydrogen) atoms. The maximum Gasteiger partial charge on any atom is 0.271 e. The summed E-state index contributed by atoms with van der Waals surface area (Å²) in [7, 11) is 0. The minimum absolute atomic E-state index is 0.0349. The number of non-ortho nitro benzene ring substituents is 1. The van der Waals surface area contributed by atoms with Crippen LogP contribution in [0.2, 0.25) is 0 Å². The maximum absolute atomic E-state index is 12.4. The number of amides is 1. The first-order chi connectivity index (χ1) is 16.1. The molecule has 1 N–H and O–H groups in total. The second-order valence-electron chi connectivity index (χ2n) is 7.69. The number of rotatable bonds is 8. The molecule has 8 heteroatoms. The van der Waals surface area contributed by atoms with Crippen molar-refractivity contribution >= 4 is 23.5 Å². The van der Waals surface area contributed by atoms with Gasteiger partial charge in [0.2, 0.25) is 0 Å². The van der Waals surface area contributed by atoms with Crippen molar-refractivity contribution in [2.75, 3.05) is 18.0 Å². The second kappa shape index (κ2) is 10.4. The summed E-state index contributed by atoms with van der Waals surface area (Å²) in [6, 6.07) is 21.0. The van der Waals surface area contributed by atoms with E-state index in [4.69, 9.17) is 4.74 Å². The van der Waals surface area contributed by atoms with Gasteiger partial charge >= 0.3 is 0 Å². The van der Waals surface area contributed by atoms with Crippen molar-refractivity contribution in [3.8, 4) is 5.75 Å². The number of benzene rings is 3. The molecule has 1 aliphatic rings. The molecule has 0 aromatic heterocycles. The summed E-state index contributed by atoms with van der Waals surface area (Å²) in [5, 5.41) is 14.8. The van der Waals surface area contributed by atoms with E-state index >= 15 is 0 Å². The number of nitro benzene ring substituents is 1. The van der Waals surface area contributed by atoms with E-state index < -0.39 is 4.92 Å². The molecule has 1 heterocycles. The van der Waals surface area contributed by atoms with Crippen LogP contribution in [0.25, 0.3) is 0 Å². The van der Waals surface area contributed by atoms with Crippen molar-refractivity contribution < 1.29 is 14.5 Å². The molecule has 0 spiro atoms. The van der Waals surface area contributed by atoms with Crippen LogP contribution < -0.4 is 15.1 Å². The highest BCUT2D eigenvalue weighted by Crippen LogP contribution is 2.21. The first kappa shape index (κ1) is 22.0. The van der Waals surface area contributed by atoms with Gasteiger partial charge < -0.3 is 9.64 Å². The van der Waals surface area contributed by atoms with Crippen LogP contribution in [0.15, 0.2) is 77.9 Å². The van der Waals surface area contributed by atoms with Crippen molar-refractivity contribution in [2.45, 2.75) is 19.4 Å². The number of hydrogen-bond donors (Lipinski definition) is 1. The summed E-state index contributed by atoms with van der Waals surface area (Å²) in [5.41, 5.74) is 5.76. The zero-order valence-corrected chi connectivity index (χ0v) is 18.0. The number of nitro groups is 1. The number of para-hydroxylation sites is 1. The van der Waals surface area contributed by atoms with Gasteiger partial charge in [-0.25, -0.2) is 5.43 Å². The number of nitrogens with zero attached hydrogens (tertiary/aromatic N) is 3. The lowest BCUT2D eigenvalue weighted by Gasteiger charge is -2.17. The van der Waals surface area contributed by atoms with Crippen molar-refractivity contribution in [2.24, 2.45) is 5.10 Å². The standard InChI is InChI=1S/C25H24N4O4/c30-25(20-9-13-22(14-10-20)28-15-3-4-16-28)27-26-17-21-5-1-2-6-24(21)33-18-19-7-11-23(12-8-19)29(31)32/h1-2,5-14,17H,3-4,15-16,18H2,(H,27,30)/b26-17-. The molecule has 1 saturated heterocycles. The van der Waals surface area contributed by atoms with E-state index in [1.54, 1.807) is 30.3 Å². The van der Waals surface area contributed by atoms with Gasteiger partial charge in [-0.15, -0.1) is 0 Å². The molecule has 0 aliphatic carbocycles. The smallest absolute Gasteiger partial charge is 0.271 e. The van der Waals surface area contributed by atoms with Crippen molar-refractivity contribution in [1.82, 2.24) is 5.43 Å². The third-order valence-corrected chi connectivity index (χ3v) is 5.43. The SMILES string of the molecule is O=C(N/N=C\c1ccccc1OCc1ccc([N+](=O)[O-])cc1)c1ccc(N2CCCC2)cc1. The molecule has 168 valence electrons. The Kier molecular flexibility index (Phi) is 6.94. The van der Waals surface area contributed by atoms with E-state index in [0.29, 0.717) is 16.9 Å². The predicted molar refractivity (Wildman–Crippen MR) is 127 cm³/mol. The summed E-state index contributed by atoms with van der Waals surface area (Å²) in [6.07, 6.45) is 3.94. The Balaban J connectivity index is 1.34. The Morgan fingerprint density at radius 1 is 1.03 bits per heavy atom. The molecular formula is C25H24N4O4. The van der Waals surface area contributed by atoms with E-state index in [1.165, 1.54) is 31.2 Å². The van der Waals surface area contributed by atoms with Crippen LogP contribution in [0.4, 0.5) is 11.4 Å². The highest BCUT2D eigenvalue weighted by atomic mass is 16.6. The van der Waals surface area contributed by atoms with Gasteiger partial charge in [0.1, 0.15) is 12.4 Å². The highest BCUT2D eigenvalue weighted by molar-refractivity contribution is 5.95. The van der Waals surface area contributed by atoms with Crippen LogP contribution >= 0.6 is 0 Å². The monoisotopic (exact) mass is 444 g/mol. The first-order valence-corrected chi connectivity index (χ1v) is 10.7. The summed E-state index contributed by atoms with van der Waals surface area (Å²) in [6.45, 7) is 2.36. The Morgan fingerprint density at radius 3 is 2.42 bits per heavy atom. The molecule has 1 fully saturated rings. The van der Waals surface area contributed by atoms with Crippen LogP contribution in [0, 0.1) is 10.1 Å². The maximum atomic E-state index is 12.4. The van der Waals surface area contributed by atoms with E-state index in [-0.39, 0.29) is 18.2 Å². The molecule has 8 nitrogen and oxygen atoms in total. The molecule has 0 unspecified atom stereocenters. The average molecular weight is 444 g/mol. The molecule has 0 saturated carbocycles. The third kappa shape index (κ3) is 5.74. The number of anilines is 1. The summed E-state index contributed by atoms with van der Waals surface area (Å²) >= 11 is 0. The lowest BCUT2D eigenvalue weighted by molar-refractivity contribution is -0.384. The number of ether oxygens (including phenoxy) is 1.